The zero-order valence-electron chi connectivity index (χ0n) is 7.28. The number of rotatable bonds is 1. The van der Waals surface area contributed by atoms with E-state index in [4.69, 9.17) is 0 Å². The summed E-state index contributed by atoms with van der Waals surface area (Å²) in [6.07, 6.45) is 7.16. The van der Waals surface area contributed by atoms with Crippen molar-refractivity contribution < 1.29 is 0 Å². The minimum Gasteiger partial charge on any atom is -0.223 e. The van der Waals surface area contributed by atoms with Gasteiger partial charge in [-0.2, -0.15) is 10.2 Å². The minimum absolute atomic E-state index is 0.794. The smallest absolute Gasteiger partial charge is 0.157 e. The molecule has 0 amide bonds. The van der Waals surface area contributed by atoms with Gasteiger partial charge in [0.1, 0.15) is 0 Å². The fourth-order valence-electron chi connectivity index (χ4n) is 1.33. The maximum atomic E-state index is 4.38. The van der Waals surface area contributed by atoms with Crippen molar-refractivity contribution in [3.63, 3.8) is 0 Å². The van der Waals surface area contributed by atoms with Crippen LogP contribution in [0.2, 0.25) is 0 Å². The molecule has 0 aliphatic carbocycles. The summed E-state index contributed by atoms with van der Waals surface area (Å²) in [6.45, 7) is 0. The van der Waals surface area contributed by atoms with Crippen LogP contribution in [0.25, 0.3) is 11.5 Å². The Morgan fingerprint density at radius 1 is 1.00 bits per heavy atom. The van der Waals surface area contributed by atoms with E-state index in [1.54, 1.807) is 21.6 Å². The molecule has 0 atom stereocenters. The standard InChI is InChI=1S/C9H7N5/c1-4-10-13(6-1)9-3-7-14-8(12-9)2-5-11-14/h1-7H. The molecule has 3 rings (SSSR count). The lowest BCUT2D eigenvalue weighted by atomic mass is 10.5. The summed E-state index contributed by atoms with van der Waals surface area (Å²) in [6, 6.07) is 5.59. The van der Waals surface area contributed by atoms with E-state index >= 15 is 0 Å². The minimum atomic E-state index is 0.794. The topological polar surface area (TPSA) is 48.0 Å². The fraction of sp³-hybridized carbons (Fsp3) is 0. The number of aromatic nitrogens is 5. The van der Waals surface area contributed by atoms with E-state index in [0.717, 1.165) is 11.5 Å². The molecule has 3 aromatic heterocycles. The molecule has 0 fully saturated rings. The molecule has 68 valence electrons. The molecule has 0 radical (unpaired) electrons. The molecule has 0 aromatic carbocycles. The quantitative estimate of drug-likeness (QED) is 0.566. The molecule has 5 nitrogen and oxygen atoms in total. The number of hydrogen-bond donors (Lipinski definition) is 0. The summed E-state index contributed by atoms with van der Waals surface area (Å²) in [5.41, 5.74) is 0.818. The monoisotopic (exact) mass is 185 g/mol. The molecular formula is C9H7N5. The van der Waals surface area contributed by atoms with Crippen LogP contribution in [0.4, 0.5) is 0 Å². The van der Waals surface area contributed by atoms with Crippen molar-refractivity contribution in [1.29, 1.82) is 0 Å². The number of fused-ring (bicyclic) bond motifs is 1. The highest BCUT2D eigenvalue weighted by atomic mass is 15.3. The Labute approximate surface area is 79.6 Å². The zero-order chi connectivity index (χ0) is 9.38. The van der Waals surface area contributed by atoms with Crippen LogP contribution in [0.1, 0.15) is 0 Å². The first-order valence-electron chi connectivity index (χ1n) is 4.24. The Bertz CT molecular complexity index is 551. The largest absolute Gasteiger partial charge is 0.223 e. The van der Waals surface area contributed by atoms with E-state index in [1.807, 2.05) is 30.6 Å². The second kappa shape index (κ2) is 2.66. The van der Waals surface area contributed by atoms with Gasteiger partial charge in [-0.05, 0) is 6.07 Å². The first kappa shape index (κ1) is 7.25. The zero-order valence-corrected chi connectivity index (χ0v) is 7.28. The first-order chi connectivity index (χ1) is 6.93. The van der Waals surface area contributed by atoms with Crippen LogP contribution >= 0.6 is 0 Å². The molecule has 0 unspecified atom stereocenters. The van der Waals surface area contributed by atoms with Crippen LogP contribution in [0.15, 0.2) is 43.0 Å². The van der Waals surface area contributed by atoms with Crippen LogP contribution in [0.3, 0.4) is 0 Å². The van der Waals surface area contributed by atoms with Crippen molar-refractivity contribution in [1.82, 2.24) is 24.4 Å². The van der Waals surface area contributed by atoms with Crippen LogP contribution in [0.5, 0.6) is 0 Å². The van der Waals surface area contributed by atoms with Gasteiger partial charge in [0.05, 0.1) is 6.20 Å². The molecule has 0 bridgehead atoms. The van der Waals surface area contributed by atoms with E-state index in [2.05, 4.69) is 15.2 Å². The van der Waals surface area contributed by atoms with E-state index in [1.165, 1.54) is 0 Å². The van der Waals surface area contributed by atoms with Crippen LogP contribution in [-0.2, 0) is 0 Å². The molecule has 5 heteroatoms. The summed E-state index contributed by atoms with van der Waals surface area (Å²) >= 11 is 0. The normalized spacial score (nSPS) is 10.9. The maximum absolute atomic E-state index is 4.38. The second-order valence-electron chi connectivity index (χ2n) is 2.87. The summed E-state index contributed by atoms with van der Waals surface area (Å²) in [7, 11) is 0. The third-order valence-corrected chi connectivity index (χ3v) is 1.98. The van der Waals surface area contributed by atoms with Crippen LogP contribution in [0, 0.1) is 0 Å². The van der Waals surface area contributed by atoms with Gasteiger partial charge < -0.3 is 0 Å². The SMILES string of the molecule is c1cnn(-c2ccn3nccc3n2)c1. The Kier molecular flexibility index (Phi) is 1.38. The van der Waals surface area contributed by atoms with Crippen molar-refractivity contribution in [2.75, 3.05) is 0 Å². The Morgan fingerprint density at radius 3 is 2.86 bits per heavy atom. The number of nitrogens with zero attached hydrogens (tertiary/aromatic N) is 5. The van der Waals surface area contributed by atoms with Gasteiger partial charge in [0.2, 0.25) is 0 Å². The highest BCUT2D eigenvalue weighted by Gasteiger charge is 1.99. The lowest BCUT2D eigenvalue weighted by molar-refractivity contribution is 0.832. The highest BCUT2D eigenvalue weighted by molar-refractivity contribution is 5.39. The number of hydrogen-bond acceptors (Lipinski definition) is 3. The van der Waals surface area contributed by atoms with Gasteiger partial charge in [-0.3, -0.25) is 0 Å². The average Bonchev–Trinajstić information content (AvgIpc) is 2.88. The summed E-state index contributed by atoms with van der Waals surface area (Å²) in [5, 5.41) is 8.17. The third-order valence-electron chi connectivity index (χ3n) is 1.98. The summed E-state index contributed by atoms with van der Waals surface area (Å²) in [5.74, 6) is 0.794. The van der Waals surface area contributed by atoms with Gasteiger partial charge in [-0.1, -0.05) is 0 Å². The molecule has 0 spiro atoms. The van der Waals surface area contributed by atoms with Crippen molar-refractivity contribution in [3.8, 4) is 5.82 Å². The highest BCUT2D eigenvalue weighted by Crippen LogP contribution is 2.04. The molecule has 0 aliphatic heterocycles. The van der Waals surface area contributed by atoms with Gasteiger partial charge >= 0.3 is 0 Å². The van der Waals surface area contributed by atoms with Crippen molar-refractivity contribution >= 4 is 5.65 Å². The van der Waals surface area contributed by atoms with E-state index in [0.29, 0.717) is 0 Å². The molecule has 0 N–H and O–H groups in total. The first-order valence-corrected chi connectivity index (χ1v) is 4.24. The predicted octanol–water partition coefficient (Wildman–Crippen LogP) is 0.915. The summed E-state index contributed by atoms with van der Waals surface area (Å²) in [4.78, 5) is 4.38. The van der Waals surface area contributed by atoms with E-state index in [9.17, 15) is 0 Å². The molecule has 0 saturated carbocycles. The lowest BCUT2D eigenvalue weighted by Crippen LogP contribution is -1.99. The van der Waals surface area contributed by atoms with Crippen molar-refractivity contribution in [2.24, 2.45) is 0 Å². The van der Waals surface area contributed by atoms with E-state index < -0.39 is 0 Å². The Hall–Kier alpha value is -2.17. The Morgan fingerprint density at radius 2 is 2.00 bits per heavy atom. The predicted molar refractivity (Wildman–Crippen MR) is 50.1 cm³/mol. The van der Waals surface area contributed by atoms with Gasteiger partial charge in [-0.25, -0.2) is 14.2 Å². The molecule has 0 saturated heterocycles. The molecule has 3 heterocycles. The average molecular weight is 185 g/mol. The van der Waals surface area contributed by atoms with Crippen molar-refractivity contribution in [3.05, 3.63) is 43.0 Å². The second-order valence-corrected chi connectivity index (χ2v) is 2.87. The van der Waals surface area contributed by atoms with Crippen LogP contribution in [-0.4, -0.2) is 24.4 Å². The maximum Gasteiger partial charge on any atom is 0.157 e. The van der Waals surface area contributed by atoms with Crippen molar-refractivity contribution in [2.45, 2.75) is 0 Å². The lowest BCUT2D eigenvalue weighted by Gasteiger charge is -1.99. The van der Waals surface area contributed by atoms with E-state index in [-0.39, 0.29) is 0 Å². The molecule has 14 heavy (non-hydrogen) atoms. The van der Waals surface area contributed by atoms with Crippen LogP contribution < -0.4 is 0 Å². The van der Waals surface area contributed by atoms with Gasteiger partial charge in [0, 0.05) is 30.7 Å². The summed E-state index contributed by atoms with van der Waals surface area (Å²) < 4.78 is 3.43. The van der Waals surface area contributed by atoms with Gasteiger partial charge in [0.25, 0.3) is 0 Å². The molecular weight excluding hydrogens is 178 g/mol. The molecule has 0 aliphatic rings. The van der Waals surface area contributed by atoms with Gasteiger partial charge in [0.15, 0.2) is 11.5 Å². The third kappa shape index (κ3) is 0.990. The van der Waals surface area contributed by atoms with Gasteiger partial charge in [-0.15, -0.1) is 0 Å². The Balaban J connectivity index is 2.23. The molecule has 3 aromatic rings. The fourth-order valence-corrected chi connectivity index (χ4v) is 1.33.